The van der Waals surface area contributed by atoms with Crippen molar-refractivity contribution in [1.29, 1.82) is 0 Å². The van der Waals surface area contributed by atoms with Crippen LogP contribution in [0.1, 0.15) is 25.8 Å². The van der Waals surface area contributed by atoms with E-state index in [9.17, 15) is 9.18 Å². The molecular formula is C15H22FN3O. The Labute approximate surface area is 119 Å². The van der Waals surface area contributed by atoms with E-state index in [1.54, 1.807) is 6.07 Å². The Kier molecular flexibility index (Phi) is 4.60. The van der Waals surface area contributed by atoms with Crippen LogP contribution in [0, 0.1) is 11.7 Å². The minimum atomic E-state index is -0.272. The first-order valence-electron chi connectivity index (χ1n) is 7.04. The van der Waals surface area contributed by atoms with Gasteiger partial charge in [-0.3, -0.25) is 4.79 Å². The maximum absolute atomic E-state index is 14.1. The van der Waals surface area contributed by atoms with E-state index in [2.05, 4.69) is 10.2 Å². The Morgan fingerprint density at radius 1 is 1.55 bits per heavy atom. The summed E-state index contributed by atoms with van der Waals surface area (Å²) in [5.74, 6) is -0.617. The summed E-state index contributed by atoms with van der Waals surface area (Å²) in [6, 6.07) is 5.38. The van der Waals surface area contributed by atoms with Gasteiger partial charge in [-0.05, 0) is 18.6 Å². The third kappa shape index (κ3) is 3.28. The van der Waals surface area contributed by atoms with Crippen molar-refractivity contribution < 1.29 is 9.18 Å². The average molecular weight is 279 g/mol. The Balaban J connectivity index is 2.19. The molecule has 1 aliphatic rings. The Bertz CT molecular complexity index is 490. The summed E-state index contributed by atoms with van der Waals surface area (Å²) in [4.78, 5) is 13.3. The van der Waals surface area contributed by atoms with E-state index in [1.807, 2.05) is 19.9 Å². The molecule has 1 heterocycles. The number of nitrogens with one attached hydrogen (secondary N) is 1. The van der Waals surface area contributed by atoms with Crippen LogP contribution in [0.4, 0.5) is 10.1 Å². The van der Waals surface area contributed by atoms with Gasteiger partial charge in [-0.25, -0.2) is 4.39 Å². The lowest BCUT2D eigenvalue weighted by Crippen LogP contribution is -2.29. The smallest absolute Gasteiger partial charge is 0.222 e. The van der Waals surface area contributed by atoms with Gasteiger partial charge in [-0.15, -0.1) is 0 Å². The van der Waals surface area contributed by atoms with Crippen molar-refractivity contribution in [3.63, 3.8) is 0 Å². The lowest BCUT2D eigenvalue weighted by molar-refractivity contribution is -0.121. The minimum Gasteiger partial charge on any atom is -0.370 e. The van der Waals surface area contributed by atoms with Gasteiger partial charge >= 0.3 is 0 Å². The van der Waals surface area contributed by atoms with Crippen LogP contribution in [0.5, 0.6) is 0 Å². The number of primary amides is 1. The number of hydrogen-bond donors (Lipinski definition) is 2. The first kappa shape index (κ1) is 14.8. The number of carbonyl (C=O) groups excluding carboxylic acids is 1. The number of anilines is 1. The van der Waals surface area contributed by atoms with Crippen molar-refractivity contribution in [3.8, 4) is 0 Å². The molecule has 20 heavy (non-hydrogen) atoms. The van der Waals surface area contributed by atoms with Crippen LogP contribution in [0.25, 0.3) is 0 Å². The second-order valence-corrected chi connectivity index (χ2v) is 5.61. The number of hydrogen-bond acceptors (Lipinski definition) is 3. The predicted octanol–water partition coefficient (Wildman–Crippen LogP) is 1.64. The van der Waals surface area contributed by atoms with Crippen molar-refractivity contribution in [3.05, 3.63) is 29.6 Å². The fourth-order valence-electron chi connectivity index (χ4n) is 2.54. The van der Waals surface area contributed by atoms with Gasteiger partial charge in [0.1, 0.15) is 5.82 Å². The number of amides is 1. The molecule has 1 saturated heterocycles. The minimum absolute atomic E-state index is 0.135. The van der Waals surface area contributed by atoms with Gasteiger partial charge < -0.3 is 16.0 Å². The molecule has 1 unspecified atom stereocenters. The summed E-state index contributed by atoms with van der Waals surface area (Å²) in [5.41, 5.74) is 6.87. The average Bonchev–Trinajstić information content (AvgIpc) is 2.86. The zero-order valence-electron chi connectivity index (χ0n) is 12.0. The first-order valence-corrected chi connectivity index (χ1v) is 7.04. The molecule has 0 saturated carbocycles. The molecule has 1 atom stereocenters. The predicted molar refractivity (Wildman–Crippen MR) is 77.9 cm³/mol. The molecule has 0 aromatic heterocycles. The maximum atomic E-state index is 14.1. The molecule has 3 N–H and O–H groups in total. The zero-order valence-corrected chi connectivity index (χ0v) is 12.0. The molecule has 0 bridgehead atoms. The molecule has 0 spiro atoms. The lowest BCUT2D eigenvalue weighted by Gasteiger charge is -2.23. The summed E-state index contributed by atoms with van der Waals surface area (Å²) >= 11 is 0. The van der Waals surface area contributed by atoms with E-state index < -0.39 is 0 Å². The molecule has 1 aliphatic heterocycles. The molecule has 1 aromatic rings. The first-order chi connectivity index (χ1) is 9.49. The Morgan fingerprint density at radius 2 is 2.30 bits per heavy atom. The summed E-state index contributed by atoms with van der Waals surface area (Å²) in [7, 11) is 0. The quantitative estimate of drug-likeness (QED) is 0.861. The van der Waals surface area contributed by atoms with Gasteiger partial charge in [0.25, 0.3) is 0 Å². The van der Waals surface area contributed by atoms with Crippen LogP contribution >= 0.6 is 0 Å². The van der Waals surface area contributed by atoms with Crippen LogP contribution < -0.4 is 16.0 Å². The van der Waals surface area contributed by atoms with E-state index in [0.29, 0.717) is 24.7 Å². The highest BCUT2D eigenvalue weighted by atomic mass is 19.1. The highest BCUT2D eigenvalue weighted by molar-refractivity contribution is 5.78. The van der Waals surface area contributed by atoms with Crippen LogP contribution in [-0.4, -0.2) is 25.0 Å². The highest BCUT2D eigenvalue weighted by Crippen LogP contribution is 2.28. The molecule has 0 aliphatic carbocycles. The number of halogens is 1. The third-order valence-corrected chi connectivity index (χ3v) is 3.71. The van der Waals surface area contributed by atoms with Crippen molar-refractivity contribution in [2.45, 2.75) is 32.9 Å². The van der Waals surface area contributed by atoms with E-state index in [-0.39, 0.29) is 17.6 Å². The zero-order chi connectivity index (χ0) is 14.7. The standard InChI is InChI=1S/C15H22FN3O/c1-10(2)18-8-12-13(16)4-3-5-14(12)19-7-6-11(9-19)15(17)20/h3-5,10-11,18H,6-9H2,1-2H3,(H2,17,20). The van der Waals surface area contributed by atoms with E-state index in [0.717, 1.165) is 18.7 Å². The van der Waals surface area contributed by atoms with Crippen molar-refractivity contribution >= 4 is 11.6 Å². The molecular weight excluding hydrogens is 257 g/mol. The van der Waals surface area contributed by atoms with Crippen molar-refractivity contribution in [2.75, 3.05) is 18.0 Å². The van der Waals surface area contributed by atoms with Gasteiger partial charge in [-0.1, -0.05) is 19.9 Å². The number of nitrogens with two attached hydrogens (primary N) is 1. The number of benzene rings is 1. The van der Waals surface area contributed by atoms with Crippen molar-refractivity contribution in [1.82, 2.24) is 5.32 Å². The summed E-state index contributed by atoms with van der Waals surface area (Å²) in [6.07, 6.45) is 0.739. The monoisotopic (exact) mass is 279 g/mol. The topological polar surface area (TPSA) is 58.4 Å². The summed E-state index contributed by atoms with van der Waals surface area (Å²) in [6.45, 7) is 5.86. The molecule has 5 heteroatoms. The Hall–Kier alpha value is -1.62. The van der Waals surface area contributed by atoms with Gasteiger partial charge in [0.15, 0.2) is 0 Å². The lowest BCUT2D eigenvalue weighted by atomic mass is 10.1. The SMILES string of the molecule is CC(C)NCc1c(F)cccc1N1CCC(C(N)=O)C1. The fraction of sp³-hybridized carbons (Fsp3) is 0.533. The number of rotatable bonds is 5. The van der Waals surface area contributed by atoms with E-state index in [1.165, 1.54) is 6.07 Å². The second-order valence-electron chi connectivity index (χ2n) is 5.61. The number of carbonyl (C=O) groups is 1. The third-order valence-electron chi connectivity index (χ3n) is 3.71. The maximum Gasteiger partial charge on any atom is 0.222 e. The van der Waals surface area contributed by atoms with E-state index >= 15 is 0 Å². The molecule has 1 amide bonds. The van der Waals surface area contributed by atoms with E-state index in [4.69, 9.17) is 5.73 Å². The fourth-order valence-corrected chi connectivity index (χ4v) is 2.54. The summed E-state index contributed by atoms with van der Waals surface area (Å²) < 4.78 is 14.1. The molecule has 0 radical (unpaired) electrons. The normalized spacial score (nSPS) is 18.8. The van der Waals surface area contributed by atoms with Gasteiger partial charge in [0, 0.05) is 36.9 Å². The second kappa shape index (κ2) is 6.22. The van der Waals surface area contributed by atoms with Crippen LogP contribution in [0.15, 0.2) is 18.2 Å². The van der Waals surface area contributed by atoms with Gasteiger partial charge in [0.2, 0.25) is 5.91 Å². The largest absolute Gasteiger partial charge is 0.370 e. The van der Waals surface area contributed by atoms with Crippen LogP contribution in [-0.2, 0) is 11.3 Å². The van der Waals surface area contributed by atoms with Gasteiger partial charge in [-0.2, -0.15) is 0 Å². The Morgan fingerprint density at radius 3 is 2.90 bits per heavy atom. The molecule has 2 rings (SSSR count). The van der Waals surface area contributed by atoms with Gasteiger partial charge in [0.05, 0.1) is 5.92 Å². The molecule has 1 fully saturated rings. The number of nitrogens with zero attached hydrogens (tertiary/aromatic N) is 1. The van der Waals surface area contributed by atoms with Crippen molar-refractivity contribution in [2.24, 2.45) is 11.7 Å². The summed E-state index contributed by atoms with van der Waals surface area (Å²) in [5, 5.41) is 3.24. The van der Waals surface area contributed by atoms with Crippen LogP contribution in [0.3, 0.4) is 0 Å². The molecule has 4 nitrogen and oxygen atoms in total. The van der Waals surface area contributed by atoms with Crippen LogP contribution in [0.2, 0.25) is 0 Å². The highest BCUT2D eigenvalue weighted by Gasteiger charge is 2.28. The molecule has 1 aromatic carbocycles. The molecule has 110 valence electrons.